The van der Waals surface area contributed by atoms with Crippen LogP contribution in [-0.4, -0.2) is 47.7 Å². The van der Waals surface area contributed by atoms with Gasteiger partial charge in [0.25, 0.3) is 0 Å². The molecular weight excluding hydrogens is 180 g/mol. The van der Waals surface area contributed by atoms with Crippen molar-refractivity contribution in [3.05, 3.63) is 12.7 Å². The monoisotopic (exact) mass is 198 g/mol. The maximum absolute atomic E-state index is 11.6. The summed E-state index contributed by atoms with van der Waals surface area (Å²) in [5.74, 6) is 0.0136. The van der Waals surface area contributed by atoms with Gasteiger partial charge in [0.1, 0.15) is 0 Å². The molecule has 0 aliphatic carbocycles. The molecule has 1 aliphatic rings. The van der Waals surface area contributed by atoms with Gasteiger partial charge in [-0.2, -0.15) is 0 Å². The number of carbonyl (C=O) groups excluding carboxylic acids is 1. The quantitative estimate of drug-likeness (QED) is 0.612. The zero-order valence-corrected chi connectivity index (χ0v) is 8.57. The van der Waals surface area contributed by atoms with Gasteiger partial charge in [-0.15, -0.1) is 6.58 Å². The molecule has 1 rings (SSSR count). The Morgan fingerprint density at radius 1 is 1.79 bits per heavy atom. The van der Waals surface area contributed by atoms with Gasteiger partial charge in [0.2, 0.25) is 5.91 Å². The molecule has 2 N–H and O–H groups in total. The largest absolute Gasteiger partial charge is 0.396 e. The fraction of sp³-hybridized carbons (Fsp3) is 0.700. The van der Waals surface area contributed by atoms with Crippen LogP contribution in [0.5, 0.6) is 0 Å². The number of amides is 1. The molecule has 4 heteroatoms. The number of carbonyl (C=O) groups is 1. The summed E-state index contributed by atoms with van der Waals surface area (Å²) in [6, 6.07) is -0.0217. The smallest absolute Gasteiger partial charge is 0.237 e. The van der Waals surface area contributed by atoms with Gasteiger partial charge in [-0.05, 0) is 13.3 Å². The van der Waals surface area contributed by atoms with E-state index in [9.17, 15) is 4.79 Å². The molecule has 1 saturated heterocycles. The first-order chi connectivity index (χ1) is 6.69. The molecule has 0 aromatic carbocycles. The van der Waals surface area contributed by atoms with E-state index in [0.717, 1.165) is 6.54 Å². The highest BCUT2D eigenvalue weighted by atomic mass is 16.3. The first kappa shape index (κ1) is 11.2. The second kappa shape index (κ2) is 5.12. The first-order valence-electron chi connectivity index (χ1n) is 4.95. The molecule has 1 aliphatic heterocycles. The van der Waals surface area contributed by atoms with Gasteiger partial charge in [0.05, 0.1) is 6.04 Å². The van der Waals surface area contributed by atoms with Gasteiger partial charge in [-0.3, -0.25) is 9.69 Å². The van der Waals surface area contributed by atoms with Crippen molar-refractivity contribution >= 4 is 5.91 Å². The molecule has 0 aromatic heterocycles. The average molecular weight is 198 g/mol. The zero-order chi connectivity index (χ0) is 10.6. The molecule has 2 atom stereocenters. The number of aliphatic hydroxyl groups excluding tert-OH is 1. The van der Waals surface area contributed by atoms with E-state index < -0.39 is 0 Å². The zero-order valence-electron chi connectivity index (χ0n) is 8.57. The fourth-order valence-corrected chi connectivity index (χ4v) is 1.83. The number of hydrogen-bond donors (Lipinski definition) is 2. The van der Waals surface area contributed by atoms with Crippen molar-refractivity contribution < 1.29 is 9.90 Å². The highest BCUT2D eigenvalue weighted by Crippen LogP contribution is 2.11. The normalized spacial score (nSPS) is 28.6. The van der Waals surface area contributed by atoms with Gasteiger partial charge in [-0.1, -0.05) is 6.08 Å². The summed E-state index contributed by atoms with van der Waals surface area (Å²) >= 11 is 0. The van der Waals surface area contributed by atoms with Crippen molar-refractivity contribution in [3.8, 4) is 0 Å². The number of hydrogen-bond acceptors (Lipinski definition) is 3. The Bertz CT molecular complexity index is 218. The van der Waals surface area contributed by atoms with E-state index in [1.165, 1.54) is 0 Å². The van der Waals surface area contributed by atoms with Crippen LogP contribution in [0.3, 0.4) is 0 Å². The Balaban J connectivity index is 2.64. The van der Waals surface area contributed by atoms with E-state index in [0.29, 0.717) is 13.0 Å². The summed E-state index contributed by atoms with van der Waals surface area (Å²) in [7, 11) is 0. The van der Waals surface area contributed by atoms with Gasteiger partial charge >= 0.3 is 0 Å². The van der Waals surface area contributed by atoms with Gasteiger partial charge in [0.15, 0.2) is 0 Å². The van der Waals surface area contributed by atoms with Gasteiger partial charge in [0, 0.05) is 25.7 Å². The van der Waals surface area contributed by atoms with Crippen molar-refractivity contribution in [2.24, 2.45) is 0 Å². The molecule has 0 bridgehead atoms. The Labute approximate surface area is 84.6 Å². The minimum absolute atomic E-state index is 0.0136. The summed E-state index contributed by atoms with van der Waals surface area (Å²) in [6.07, 6.45) is 2.28. The minimum Gasteiger partial charge on any atom is -0.396 e. The molecule has 4 nitrogen and oxygen atoms in total. The predicted molar refractivity (Wildman–Crippen MR) is 54.9 cm³/mol. The topological polar surface area (TPSA) is 52.6 Å². The fourth-order valence-electron chi connectivity index (χ4n) is 1.83. The summed E-state index contributed by atoms with van der Waals surface area (Å²) < 4.78 is 0. The maximum atomic E-state index is 11.6. The van der Waals surface area contributed by atoms with Crippen LogP contribution in [0.15, 0.2) is 12.7 Å². The van der Waals surface area contributed by atoms with Crippen LogP contribution >= 0.6 is 0 Å². The third kappa shape index (κ3) is 2.56. The van der Waals surface area contributed by atoms with Crippen LogP contribution < -0.4 is 5.32 Å². The van der Waals surface area contributed by atoms with E-state index in [1.54, 1.807) is 6.08 Å². The van der Waals surface area contributed by atoms with E-state index in [2.05, 4.69) is 11.9 Å². The van der Waals surface area contributed by atoms with Crippen LogP contribution in [-0.2, 0) is 4.79 Å². The molecule has 0 radical (unpaired) electrons. The average Bonchev–Trinajstić information content (AvgIpc) is 2.11. The summed E-state index contributed by atoms with van der Waals surface area (Å²) in [5, 5.41) is 11.7. The molecule has 80 valence electrons. The summed E-state index contributed by atoms with van der Waals surface area (Å²) in [4.78, 5) is 13.6. The Morgan fingerprint density at radius 3 is 3.07 bits per heavy atom. The number of piperazine rings is 1. The second-order valence-electron chi connectivity index (χ2n) is 3.68. The third-order valence-electron chi connectivity index (χ3n) is 2.41. The lowest BCUT2D eigenvalue weighted by Gasteiger charge is -2.37. The van der Waals surface area contributed by atoms with Crippen LogP contribution in [0, 0.1) is 0 Å². The van der Waals surface area contributed by atoms with Crippen molar-refractivity contribution in [3.63, 3.8) is 0 Å². The molecule has 1 fully saturated rings. The number of nitrogens with zero attached hydrogens (tertiary/aromatic N) is 1. The van der Waals surface area contributed by atoms with Gasteiger partial charge < -0.3 is 10.4 Å². The summed E-state index contributed by atoms with van der Waals surface area (Å²) in [6.45, 7) is 7.20. The van der Waals surface area contributed by atoms with Crippen LogP contribution in [0.2, 0.25) is 0 Å². The Morgan fingerprint density at radius 2 is 2.50 bits per heavy atom. The standard InChI is InChI=1S/C10H18N2O2/c1-3-5-12-7-8(2)11-10(14)9(12)4-6-13/h3,8-9,13H,1,4-7H2,2H3,(H,11,14). The number of rotatable bonds is 4. The second-order valence-corrected chi connectivity index (χ2v) is 3.68. The van der Waals surface area contributed by atoms with Crippen molar-refractivity contribution in [1.29, 1.82) is 0 Å². The van der Waals surface area contributed by atoms with Crippen LogP contribution in [0.25, 0.3) is 0 Å². The molecule has 1 heterocycles. The lowest BCUT2D eigenvalue weighted by molar-refractivity contribution is -0.130. The van der Waals surface area contributed by atoms with Crippen molar-refractivity contribution in [2.75, 3.05) is 19.7 Å². The highest BCUT2D eigenvalue weighted by Gasteiger charge is 2.31. The van der Waals surface area contributed by atoms with E-state index >= 15 is 0 Å². The molecule has 2 unspecified atom stereocenters. The molecule has 1 amide bonds. The minimum atomic E-state index is -0.200. The summed E-state index contributed by atoms with van der Waals surface area (Å²) in [5.41, 5.74) is 0. The molecule has 14 heavy (non-hydrogen) atoms. The van der Waals surface area contributed by atoms with Crippen molar-refractivity contribution in [2.45, 2.75) is 25.4 Å². The lowest BCUT2D eigenvalue weighted by Crippen LogP contribution is -2.59. The SMILES string of the molecule is C=CCN1CC(C)NC(=O)C1CCO. The first-order valence-corrected chi connectivity index (χ1v) is 4.95. The maximum Gasteiger partial charge on any atom is 0.237 e. The van der Waals surface area contributed by atoms with Crippen molar-refractivity contribution in [1.82, 2.24) is 10.2 Å². The number of aliphatic hydroxyl groups is 1. The van der Waals surface area contributed by atoms with E-state index in [-0.39, 0.29) is 24.6 Å². The van der Waals surface area contributed by atoms with E-state index in [4.69, 9.17) is 5.11 Å². The Kier molecular flexibility index (Phi) is 4.10. The van der Waals surface area contributed by atoms with Crippen LogP contribution in [0.4, 0.5) is 0 Å². The van der Waals surface area contributed by atoms with E-state index in [1.807, 2.05) is 11.8 Å². The highest BCUT2D eigenvalue weighted by molar-refractivity contribution is 5.82. The molecule has 0 aromatic rings. The molecule has 0 saturated carbocycles. The molecule has 0 spiro atoms. The Hall–Kier alpha value is -0.870. The number of nitrogens with one attached hydrogen (secondary N) is 1. The predicted octanol–water partition coefficient (Wildman–Crippen LogP) is -0.256. The molecular formula is C10H18N2O2. The van der Waals surface area contributed by atoms with Crippen LogP contribution in [0.1, 0.15) is 13.3 Å². The lowest BCUT2D eigenvalue weighted by atomic mass is 10.1. The third-order valence-corrected chi connectivity index (χ3v) is 2.41. The van der Waals surface area contributed by atoms with Gasteiger partial charge in [-0.25, -0.2) is 0 Å².